The zero-order valence-corrected chi connectivity index (χ0v) is 27.4. The van der Waals surface area contributed by atoms with Crippen molar-refractivity contribution in [2.75, 3.05) is 12.0 Å². The van der Waals surface area contributed by atoms with Crippen molar-refractivity contribution in [2.45, 2.75) is 18.3 Å². The SMILES string of the molecule is COc1cc(C=CC2C3=CCC4C(=O)N(c5ccccc5)C(=O)C4C3CC3C(=O)C(c4ccccc4)=CC(=O)C23c2ccccc2)ccc1O. The van der Waals surface area contributed by atoms with Crippen molar-refractivity contribution in [3.8, 4) is 11.5 Å². The van der Waals surface area contributed by atoms with Gasteiger partial charge < -0.3 is 9.84 Å². The van der Waals surface area contributed by atoms with Gasteiger partial charge in [0, 0.05) is 17.4 Å². The number of carbonyl (C=O) groups excluding carboxylic acids is 4. The number of rotatable bonds is 6. The molecule has 4 aromatic rings. The first-order chi connectivity index (χ1) is 24.3. The molecular weight excluding hydrogens is 626 g/mol. The zero-order chi connectivity index (χ0) is 34.6. The van der Waals surface area contributed by atoms with Crippen LogP contribution in [0.4, 0.5) is 5.69 Å². The minimum Gasteiger partial charge on any atom is -0.504 e. The van der Waals surface area contributed by atoms with Gasteiger partial charge >= 0.3 is 0 Å². The highest BCUT2D eigenvalue weighted by molar-refractivity contribution is 6.31. The highest BCUT2D eigenvalue weighted by Gasteiger charge is 2.65. The van der Waals surface area contributed by atoms with Gasteiger partial charge in [-0.1, -0.05) is 109 Å². The second-order valence-corrected chi connectivity index (χ2v) is 13.5. The van der Waals surface area contributed by atoms with Gasteiger partial charge in [0.25, 0.3) is 0 Å². The maximum Gasteiger partial charge on any atom is 0.238 e. The number of phenolic OH excluding ortho intramolecular Hbond substituents is 1. The Bertz CT molecular complexity index is 2120. The number of Topliss-reactive ketones (excluding diaryl/α,β-unsaturated/α-hetero) is 1. The summed E-state index contributed by atoms with van der Waals surface area (Å²) in [7, 11) is 1.48. The van der Waals surface area contributed by atoms with Crippen molar-refractivity contribution in [3.05, 3.63) is 150 Å². The van der Waals surface area contributed by atoms with E-state index in [9.17, 15) is 19.5 Å². The van der Waals surface area contributed by atoms with Crippen LogP contribution in [0, 0.1) is 29.6 Å². The standard InChI is InChI=1S/C43H35NO6/c1-50-37-23-26(18-22-36(37)45)17-21-34-30-19-20-31-39(42(49)44(41(31)48)29-15-9-4-10-16-29)33(30)24-35-40(47)32(27-11-5-2-6-12-27)25-38(46)43(34,35)28-13-7-3-8-14-28/h2-19,21-23,25,31,33-35,39,45H,20,24H2,1H3. The second-order valence-electron chi connectivity index (χ2n) is 13.5. The number of para-hydroxylation sites is 1. The van der Waals surface area contributed by atoms with Crippen molar-refractivity contribution in [1.82, 2.24) is 0 Å². The largest absolute Gasteiger partial charge is 0.504 e. The molecule has 0 radical (unpaired) electrons. The van der Waals surface area contributed by atoms with Crippen LogP contribution < -0.4 is 9.64 Å². The van der Waals surface area contributed by atoms with Crippen LogP contribution in [0.2, 0.25) is 0 Å². The van der Waals surface area contributed by atoms with Crippen molar-refractivity contribution in [1.29, 1.82) is 0 Å². The van der Waals surface area contributed by atoms with Gasteiger partial charge in [-0.15, -0.1) is 0 Å². The average Bonchev–Trinajstić information content (AvgIpc) is 3.42. The van der Waals surface area contributed by atoms with E-state index in [0.29, 0.717) is 29.0 Å². The fraction of sp³-hybridized carbons (Fsp3) is 0.209. The number of fused-ring (bicyclic) bond motifs is 4. The highest BCUT2D eigenvalue weighted by atomic mass is 16.5. The molecule has 4 aliphatic rings. The van der Waals surface area contributed by atoms with Crippen LogP contribution in [-0.2, 0) is 24.6 Å². The summed E-state index contributed by atoms with van der Waals surface area (Å²) in [4.78, 5) is 59.6. The molecule has 0 spiro atoms. The second kappa shape index (κ2) is 12.3. The number of benzene rings is 4. The molecule has 1 heterocycles. The third-order valence-corrected chi connectivity index (χ3v) is 11.1. The number of allylic oxidation sites excluding steroid dienone is 5. The van der Waals surface area contributed by atoms with Gasteiger partial charge in [-0.2, -0.15) is 0 Å². The summed E-state index contributed by atoms with van der Waals surface area (Å²) in [6.45, 7) is 0. The van der Waals surface area contributed by atoms with Crippen molar-refractivity contribution >= 4 is 40.7 Å². The minimum atomic E-state index is -1.30. The molecule has 6 unspecified atom stereocenters. The number of aromatic hydroxyl groups is 1. The smallest absolute Gasteiger partial charge is 0.238 e. The lowest BCUT2D eigenvalue weighted by atomic mass is 9.45. The predicted octanol–water partition coefficient (Wildman–Crippen LogP) is 6.98. The van der Waals surface area contributed by atoms with Crippen molar-refractivity contribution < 1.29 is 29.0 Å². The molecule has 2 amide bonds. The van der Waals surface area contributed by atoms with E-state index in [1.54, 1.807) is 42.5 Å². The number of hydrogen-bond acceptors (Lipinski definition) is 6. The Kier molecular flexibility index (Phi) is 7.71. The minimum absolute atomic E-state index is 0.00301. The number of hydrogen-bond donors (Lipinski definition) is 1. The normalized spacial score (nSPS) is 27.4. The van der Waals surface area contributed by atoms with E-state index in [0.717, 1.165) is 16.7 Å². The van der Waals surface area contributed by atoms with Gasteiger partial charge in [0.05, 0.1) is 30.0 Å². The Hall–Kier alpha value is -5.82. The fourth-order valence-electron chi connectivity index (χ4n) is 8.96. The number of carbonyl (C=O) groups is 4. The highest BCUT2D eigenvalue weighted by Crippen LogP contribution is 2.61. The molecule has 3 aliphatic carbocycles. The molecule has 248 valence electrons. The number of amides is 2. The number of anilines is 1. The van der Waals surface area contributed by atoms with E-state index in [4.69, 9.17) is 4.74 Å². The molecule has 0 aromatic heterocycles. The number of phenols is 1. The van der Waals surface area contributed by atoms with Crippen LogP contribution in [-0.4, -0.2) is 35.6 Å². The van der Waals surface area contributed by atoms with Crippen molar-refractivity contribution in [2.24, 2.45) is 29.6 Å². The Balaban J connectivity index is 1.33. The molecule has 1 saturated carbocycles. The zero-order valence-electron chi connectivity index (χ0n) is 27.4. The molecule has 8 rings (SSSR count). The maximum absolute atomic E-state index is 15.0. The molecule has 0 bridgehead atoms. The van der Waals surface area contributed by atoms with Gasteiger partial charge in [-0.05, 0) is 65.8 Å². The first-order valence-corrected chi connectivity index (χ1v) is 16.9. The van der Waals surface area contributed by atoms with E-state index in [1.807, 2.05) is 85.0 Å². The lowest BCUT2D eigenvalue weighted by Crippen LogP contribution is -2.59. The van der Waals surface area contributed by atoms with Crippen LogP contribution in [0.1, 0.15) is 29.5 Å². The van der Waals surface area contributed by atoms with Crippen LogP contribution >= 0.6 is 0 Å². The molecular formula is C43H35NO6. The molecule has 1 N–H and O–H groups in total. The third-order valence-electron chi connectivity index (χ3n) is 11.1. The van der Waals surface area contributed by atoms with E-state index >= 15 is 4.79 Å². The summed E-state index contributed by atoms with van der Waals surface area (Å²) in [5.41, 5.74) is 2.61. The summed E-state index contributed by atoms with van der Waals surface area (Å²) >= 11 is 0. The molecule has 7 heteroatoms. The van der Waals surface area contributed by atoms with Crippen LogP contribution in [0.15, 0.2) is 133 Å². The summed E-state index contributed by atoms with van der Waals surface area (Å²) < 4.78 is 5.36. The summed E-state index contributed by atoms with van der Waals surface area (Å²) in [5, 5.41) is 10.3. The molecule has 6 atom stereocenters. The predicted molar refractivity (Wildman–Crippen MR) is 190 cm³/mol. The number of nitrogens with zero attached hydrogens (tertiary/aromatic N) is 1. The number of ether oxygens (including phenoxy) is 1. The van der Waals surface area contributed by atoms with Crippen molar-refractivity contribution in [3.63, 3.8) is 0 Å². The average molecular weight is 662 g/mol. The van der Waals surface area contributed by atoms with Gasteiger partial charge in [0.2, 0.25) is 11.8 Å². The summed E-state index contributed by atoms with van der Waals surface area (Å²) in [5.74, 6) is -3.63. The van der Waals surface area contributed by atoms with E-state index in [1.165, 1.54) is 18.1 Å². The van der Waals surface area contributed by atoms with Gasteiger partial charge in [0.15, 0.2) is 23.1 Å². The molecule has 2 fully saturated rings. The third kappa shape index (κ3) is 4.71. The van der Waals surface area contributed by atoms with Gasteiger partial charge in [0.1, 0.15) is 0 Å². The lowest BCUT2D eigenvalue weighted by Gasteiger charge is -2.54. The number of imide groups is 1. The molecule has 50 heavy (non-hydrogen) atoms. The molecule has 1 saturated heterocycles. The van der Waals surface area contributed by atoms with Gasteiger partial charge in [-0.3, -0.25) is 24.1 Å². The molecule has 4 aromatic carbocycles. The first kappa shape index (κ1) is 31.4. The topological polar surface area (TPSA) is 101 Å². The van der Waals surface area contributed by atoms with Crippen LogP contribution in [0.5, 0.6) is 11.5 Å². The Labute approximate surface area is 290 Å². The van der Waals surface area contributed by atoms with Crippen LogP contribution in [0.3, 0.4) is 0 Å². The fourth-order valence-corrected chi connectivity index (χ4v) is 8.96. The molecule has 1 aliphatic heterocycles. The lowest BCUT2D eigenvalue weighted by molar-refractivity contribution is -0.135. The van der Waals surface area contributed by atoms with E-state index in [2.05, 4.69) is 0 Å². The van der Waals surface area contributed by atoms with E-state index in [-0.39, 0.29) is 35.6 Å². The number of methoxy groups -OCH3 is 1. The van der Waals surface area contributed by atoms with Crippen LogP contribution in [0.25, 0.3) is 11.6 Å². The quantitative estimate of drug-likeness (QED) is 0.177. The number of ketones is 2. The first-order valence-electron chi connectivity index (χ1n) is 16.9. The van der Waals surface area contributed by atoms with Gasteiger partial charge in [-0.25, -0.2) is 0 Å². The monoisotopic (exact) mass is 661 g/mol. The Morgan fingerprint density at radius 2 is 1.50 bits per heavy atom. The Morgan fingerprint density at radius 3 is 2.20 bits per heavy atom. The molecule has 7 nitrogen and oxygen atoms in total. The summed E-state index contributed by atoms with van der Waals surface area (Å²) in [6.07, 6.45) is 8.01. The summed E-state index contributed by atoms with van der Waals surface area (Å²) in [6, 6.07) is 32.7. The van der Waals surface area contributed by atoms with E-state index < -0.39 is 35.0 Å². The maximum atomic E-state index is 15.0. The Morgan fingerprint density at radius 1 is 0.820 bits per heavy atom.